The van der Waals surface area contributed by atoms with Crippen molar-refractivity contribution < 1.29 is 13.9 Å². The molecule has 3 nitrogen and oxygen atoms in total. The lowest BCUT2D eigenvalue weighted by Gasteiger charge is -2.17. The second-order valence-corrected chi connectivity index (χ2v) is 6.65. The van der Waals surface area contributed by atoms with Gasteiger partial charge in [-0.05, 0) is 36.8 Å². The van der Waals surface area contributed by atoms with Gasteiger partial charge in [0.2, 0.25) is 0 Å². The highest BCUT2D eigenvalue weighted by Gasteiger charge is 2.18. The molecule has 0 fully saturated rings. The molecule has 0 aliphatic rings. The van der Waals surface area contributed by atoms with Gasteiger partial charge >= 0.3 is 0 Å². The topological polar surface area (TPSA) is 38.3 Å². The number of carbonyl (C=O) groups is 1. The number of carbonyl (C=O) groups excluding carboxylic acids is 1. The Labute approximate surface area is 159 Å². The summed E-state index contributed by atoms with van der Waals surface area (Å²) in [4.78, 5) is 12.5. The number of nitrogens with one attached hydrogen (secondary N) is 1. The monoisotopic (exact) mass is 413 g/mol. The Kier molecular flexibility index (Phi) is 5.68. The van der Waals surface area contributed by atoms with Crippen molar-refractivity contribution >= 4 is 27.5 Å². The first kappa shape index (κ1) is 18.1. The first-order valence-corrected chi connectivity index (χ1v) is 8.91. The zero-order chi connectivity index (χ0) is 18.5. The Hall–Kier alpha value is -2.66. The smallest absolute Gasteiger partial charge is 0.265 e. The van der Waals surface area contributed by atoms with Gasteiger partial charge in [0.05, 0.1) is 0 Å². The molecule has 0 heterocycles. The molecule has 26 heavy (non-hydrogen) atoms. The Morgan fingerprint density at radius 3 is 2.46 bits per heavy atom. The first-order chi connectivity index (χ1) is 12.5. The first-order valence-electron chi connectivity index (χ1n) is 8.11. The highest BCUT2D eigenvalue weighted by atomic mass is 79.9. The fourth-order valence-corrected chi connectivity index (χ4v) is 2.84. The molecule has 0 aliphatic heterocycles. The summed E-state index contributed by atoms with van der Waals surface area (Å²) in [6.45, 7) is 1.59. The minimum Gasteiger partial charge on any atom is -0.478 e. The highest BCUT2D eigenvalue weighted by Crippen LogP contribution is 2.28. The van der Waals surface area contributed by atoms with Crippen molar-refractivity contribution in [2.24, 2.45) is 0 Å². The number of hydrogen-bond acceptors (Lipinski definition) is 2. The van der Waals surface area contributed by atoms with Crippen LogP contribution in [0.25, 0.3) is 11.1 Å². The summed E-state index contributed by atoms with van der Waals surface area (Å²) in [5.74, 6) is -0.841. The zero-order valence-electron chi connectivity index (χ0n) is 14.1. The fraction of sp³-hybridized carbons (Fsp3) is 0.0952. The molecule has 0 aliphatic carbocycles. The van der Waals surface area contributed by atoms with Gasteiger partial charge in [-0.15, -0.1) is 0 Å². The Morgan fingerprint density at radius 2 is 1.73 bits per heavy atom. The van der Waals surface area contributed by atoms with E-state index in [1.54, 1.807) is 13.0 Å². The van der Waals surface area contributed by atoms with Crippen molar-refractivity contribution in [3.05, 3.63) is 83.1 Å². The predicted octanol–water partition coefficient (Wildman–Crippen LogP) is 5.66. The number of para-hydroxylation sites is 1. The lowest BCUT2D eigenvalue weighted by atomic mass is 10.0. The number of hydrogen-bond donors (Lipinski definition) is 1. The van der Waals surface area contributed by atoms with E-state index in [1.807, 2.05) is 54.6 Å². The third-order valence-electron chi connectivity index (χ3n) is 3.84. The third kappa shape index (κ3) is 4.29. The van der Waals surface area contributed by atoms with Crippen molar-refractivity contribution in [3.63, 3.8) is 0 Å². The number of anilines is 1. The van der Waals surface area contributed by atoms with Crippen LogP contribution in [0.4, 0.5) is 10.1 Å². The molecule has 5 heteroatoms. The van der Waals surface area contributed by atoms with Crippen LogP contribution >= 0.6 is 15.9 Å². The number of rotatable bonds is 5. The molecule has 132 valence electrons. The number of halogens is 2. The van der Waals surface area contributed by atoms with Crippen LogP contribution < -0.4 is 10.1 Å². The molecule has 0 saturated carbocycles. The van der Waals surface area contributed by atoms with Crippen LogP contribution in [-0.4, -0.2) is 12.0 Å². The molecule has 0 aromatic heterocycles. The molecule has 0 bridgehead atoms. The molecule has 3 rings (SSSR count). The lowest BCUT2D eigenvalue weighted by molar-refractivity contribution is -0.122. The minimum absolute atomic E-state index is 0.0344. The number of ether oxygens (including phenoxy) is 1. The third-order valence-corrected chi connectivity index (χ3v) is 4.33. The van der Waals surface area contributed by atoms with E-state index in [2.05, 4.69) is 21.2 Å². The summed E-state index contributed by atoms with van der Waals surface area (Å²) < 4.78 is 20.0. The summed E-state index contributed by atoms with van der Waals surface area (Å²) in [5.41, 5.74) is 2.58. The Bertz CT molecular complexity index is 915. The van der Waals surface area contributed by atoms with Crippen LogP contribution in [0, 0.1) is 5.82 Å². The van der Waals surface area contributed by atoms with E-state index in [0.717, 1.165) is 11.1 Å². The largest absolute Gasteiger partial charge is 0.478 e. The van der Waals surface area contributed by atoms with Gasteiger partial charge in [0.15, 0.2) is 17.7 Å². The molecular formula is C21H17BrFNO2. The summed E-state index contributed by atoms with van der Waals surface area (Å²) in [6, 6.07) is 21.7. The number of amides is 1. The Morgan fingerprint density at radius 1 is 1.04 bits per heavy atom. The highest BCUT2D eigenvalue weighted by molar-refractivity contribution is 9.10. The van der Waals surface area contributed by atoms with E-state index in [-0.39, 0.29) is 11.7 Å². The molecule has 1 N–H and O–H groups in total. The van der Waals surface area contributed by atoms with Crippen molar-refractivity contribution in [3.8, 4) is 16.9 Å². The summed E-state index contributed by atoms with van der Waals surface area (Å²) in [7, 11) is 0. The van der Waals surface area contributed by atoms with Gasteiger partial charge < -0.3 is 10.1 Å². The standard InChI is InChI=1S/C21H17BrFNO2/c1-14(26-20-12-11-16(22)13-18(20)23)21(25)24-19-10-6-5-9-17(19)15-7-3-2-4-8-15/h2-14H,1H3,(H,24,25)/t14-/m1/s1. The van der Waals surface area contributed by atoms with Gasteiger partial charge in [0, 0.05) is 15.7 Å². The average molecular weight is 414 g/mol. The molecular weight excluding hydrogens is 397 g/mol. The lowest BCUT2D eigenvalue weighted by Crippen LogP contribution is -2.30. The molecule has 0 spiro atoms. The summed E-state index contributed by atoms with van der Waals surface area (Å²) in [6.07, 6.45) is -0.852. The minimum atomic E-state index is -0.852. The molecule has 1 amide bonds. The van der Waals surface area contributed by atoms with Crippen molar-refractivity contribution in [1.29, 1.82) is 0 Å². The molecule has 1 atom stereocenters. The van der Waals surface area contributed by atoms with E-state index in [0.29, 0.717) is 10.2 Å². The average Bonchev–Trinajstić information content (AvgIpc) is 2.65. The normalized spacial score (nSPS) is 11.7. The maximum Gasteiger partial charge on any atom is 0.265 e. The van der Waals surface area contributed by atoms with Gasteiger partial charge in [-0.2, -0.15) is 0 Å². The zero-order valence-corrected chi connectivity index (χ0v) is 15.7. The predicted molar refractivity (Wildman–Crippen MR) is 105 cm³/mol. The maximum absolute atomic E-state index is 13.9. The van der Waals surface area contributed by atoms with E-state index in [4.69, 9.17) is 4.74 Å². The van der Waals surface area contributed by atoms with Gasteiger partial charge in [0.25, 0.3) is 5.91 Å². The van der Waals surface area contributed by atoms with Crippen molar-refractivity contribution in [2.75, 3.05) is 5.32 Å². The molecule has 0 unspecified atom stereocenters. The van der Waals surface area contributed by atoms with Crippen molar-refractivity contribution in [1.82, 2.24) is 0 Å². The van der Waals surface area contributed by atoms with Crippen LogP contribution in [0.15, 0.2) is 77.3 Å². The molecule has 0 saturated heterocycles. The van der Waals surface area contributed by atoms with Crippen LogP contribution in [0.2, 0.25) is 0 Å². The quantitative estimate of drug-likeness (QED) is 0.585. The van der Waals surface area contributed by atoms with Crippen LogP contribution in [-0.2, 0) is 4.79 Å². The van der Waals surface area contributed by atoms with Crippen LogP contribution in [0.5, 0.6) is 5.75 Å². The second-order valence-electron chi connectivity index (χ2n) is 5.74. The van der Waals surface area contributed by atoms with E-state index in [1.165, 1.54) is 12.1 Å². The SMILES string of the molecule is C[C@@H](Oc1ccc(Br)cc1F)C(=O)Nc1ccccc1-c1ccccc1. The maximum atomic E-state index is 13.9. The summed E-state index contributed by atoms with van der Waals surface area (Å²) >= 11 is 3.19. The van der Waals surface area contributed by atoms with Gasteiger partial charge in [0.1, 0.15) is 0 Å². The van der Waals surface area contributed by atoms with E-state index < -0.39 is 11.9 Å². The van der Waals surface area contributed by atoms with E-state index >= 15 is 0 Å². The number of benzene rings is 3. The molecule has 0 radical (unpaired) electrons. The van der Waals surface area contributed by atoms with Crippen LogP contribution in [0.1, 0.15) is 6.92 Å². The molecule has 3 aromatic carbocycles. The van der Waals surface area contributed by atoms with Gasteiger partial charge in [-0.3, -0.25) is 4.79 Å². The fourth-order valence-electron chi connectivity index (χ4n) is 2.51. The summed E-state index contributed by atoms with van der Waals surface area (Å²) in [5, 5.41) is 2.86. The van der Waals surface area contributed by atoms with Crippen LogP contribution in [0.3, 0.4) is 0 Å². The van der Waals surface area contributed by atoms with Gasteiger partial charge in [-0.1, -0.05) is 64.5 Å². The van der Waals surface area contributed by atoms with Crippen molar-refractivity contribution in [2.45, 2.75) is 13.0 Å². The van der Waals surface area contributed by atoms with Gasteiger partial charge in [-0.25, -0.2) is 4.39 Å². The Balaban J connectivity index is 1.76. The molecule has 3 aromatic rings. The second kappa shape index (κ2) is 8.15. The van der Waals surface area contributed by atoms with E-state index in [9.17, 15) is 9.18 Å².